The molecule has 0 fully saturated rings. The minimum absolute atomic E-state index is 0.0651. The second kappa shape index (κ2) is 4.53. The minimum Gasteiger partial charge on any atom is -0.375 e. The molecule has 0 saturated heterocycles. The van der Waals surface area contributed by atoms with Crippen LogP contribution in [0.3, 0.4) is 0 Å². The second-order valence-electron chi connectivity index (χ2n) is 4.78. The predicted octanol–water partition coefficient (Wildman–Crippen LogP) is 3.81. The number of aromatic nitrogens is 1. The van der Waals surface area contributed by atoms with Gasteiger partial charge in [0.2, 0.25) is 0 Å². The first-order valence-corrected chi connectivity index (χ1v) is 6.61. The third-order valence-electron chi connectivity index (χ3n) is 3.02. The maximum absolute atomic E-state index is 11.2. The molecule has 0 bridgehead atoms. The van der Waals surface area contributed by atoms with Crippen molar-refractivity contribution in [2.75, 3.05) is 5.32 Å². The Bertz CT molecular complexity index is 592. The van der Waals surface area contributed by atoms with Crippen molar-refractivity contribution in [2.24, 2.45) is 0 Å². The van der Waals surface area contributed by atoms with Crippen LogP contribution < -0.4 is 5.32 Å². The van der Waals surface area contributed by atoms with Crippen LogP contribution >= 0.6 is 11.3 Å². The summed E-state index contributed by atoms with van der Waals surface area (Å²) in [6.07, 6.45) is 0.874. The van der Waals surface area contributed by atoms with E-state index in [1.165, 1.54) is 11.3 Å². The van der Waals surface area contributed by atoms with E-state index in [0.717, 1.165) is 11.1 Å². The van der Waals surface area contributed by atoms with Gasteiger partial charge in [-0.2, -0.15) is 0 Å². The van der Waals surface area contributed by atoms with Crippen LogP contribution in [0, 0.1) is 10.1 Å². The van der Waals surface area contributed by atoms with Crippen LogP contribution in [0.15, 0.2) is 17.6 Å². The average molecular weight is 265 g/mol. The molecule has 0 aliphatic heterocycles. The number of fused-ring (bicyclic) bond motifs is 1. The molecule has 2 rings (SSSR count). The lowest BCUT2D eigenvalue weighted by Crippen LogP contribution is -2.29. The molecule has 0 unspecified atom stereocenters. The topological polar surface area (TPSA) is 68.1 Å². The normalized spacial score (nSPS) is 11.7. The average Bonchev–Trinajstić information content (AvgIpc) is 2.75. The molecule has 1 heterocycles. The van der Waals surface area contributed by atoms with Crippen LogP contribution in [0.25, 0.3) is 10.2 Å². The van der Waals surface area contributed by atoms with Crippen LogP contribution in [0.1, 0.15) is 27.2 Å². The predicted molar refractivity (Wildman–Crippen MR) is 74.3 cm³/mol. The Hall–Kier alpha value is -1.69. The third-order valence-corrected chi connectivity index (χ3v) is 3.81. The van der Waals surface area contributed by atoms with Gasteiger partial charge in [0.25, 0.3) is 0 Å². The van der Waals surface area contributed by atoms with Crippen molar-refractivity contribution in [2.45, 2.75) is 32.7 Å². The van der Waals surface area contributed by atoms with Gasteiger partial charge in [-0.1, -0.05) is 6.92 Å². The number of benzene rings is 1. The van der Waals surface area contributed by atoms with E-state index in [4.69, 9.17) is 0 Å². The van der Waals surface area contributed by atoms with Gasteiger partial charge in [-0.25, -0.2) is 4.98 Å². The molecule has 5 nitrogen and oxygen atoms in total. The lowest BCUT2D eigenvalue weighted by atomic mass is 10.0. The highest BCUT2D eigenvalue weighted by molar-refractivity contribution is 7.16. The second-order valence-corrected chi connectivity index (χ2v) is 5.67. The molecule has 6 heteroatoms. The molecule has 96 valence electrons. The fourth-order valence-corrected chi connectivity index (χ4v) is 2.33. The van der Waals surface area contributed by atoms with Crippen LogP contribution in [0.4, 0.5) is 11.4 Å². The van der Waals surface area contributed by atoms with Crippen molar-refractivity contribution in [3.63, 3.8) is 0 Å². The lowest BCUT2D eigenvalue weighted by Gasteiger charge is -2.25. The van der Waals surface area contributed by atoms with Crippen molar-refractivity contribution in [3.8, 4) is 0 Å². The summed E-state index contributed by atoms with van der Waals surface area (Å²) >= 11 is 1.41. The van der Waals surface area contributed by atoms with Crippen LogP contribution in [-0.2, 0) is 0 Å². The fraction of sp³-hybridized carbons (Fsp3) is 0.417. The Morgan fingerprint density at radius 3 is 2.83 bits per heavy atom. The Kier molecular flexibility index (Phi) is 3.21. The minimum atomic E-state index is -0.365. The van der Waals surface area contributed by atoms with Crippen molar-refractivity contribution in [1.29, 1.82) is 0 Å². The number of nitrogens with one attached hydrogen (secondary N) is 1. The van der Waals surface area contributed by atoms with Crippen LogP contribution in [0.2, 0.25) is 0 Å². The highest BCUT2D eigenvalue weighted by Crippen LogP contribution is 2.35. The Labute approximate surface area is 109 Å². The monoisotopic (exact) mass is 265 g/mol. The zero-order chi connectivity index (χ0) is 13.3. The van der Waals surface area contributed by atoms with Gasteiger partial charge < -0.3 is 5.32 Å². The Balaban J connectivity index is 2.56. The summed E-state index contributed by atoms with van der Waals surface area (Å²) in [5.74, 6) is 0. The van der Waals surface area contributed by atoms with Gasteiger partial charge in [-0.05, 0) is 32.4 Å². The van der Waals surface area contributed by atoms with Crippen molar-refractivity contribution < 1.29 is 4.92 Å². The summed E-state index contributed by atoms with van der Waals surface area (Å²) in [6.45, 7) is 6.07. The quantitative estimate of drug-likeness (QED) is 0.674. The smallest absolute Gasteiger partial charge is 0.319 e. The highest BCUT2D eigenvalue weighted by Gasteiger charge is 2.24. The largest absolute Gasteiger partial charge is 0.375 e. The summed E-state index contributed by atoms with van der Waals surface area (Å²) in [6, 6.07) is 3.63. The summed E-state index contributed by atoms with van der Waals surface area (Å²) in [5, 5.41) is 14.5. The molecule has 1 aromatic carbocycles. The van der Waals surface area contributed by atoms with E-state index < -0.39 is 0 Å². The Morgan fingerprint density at radius 2 is 2.22 bits per heavy atom. The van der Waals surface area contributed by atoms with E-state index in [9.17, 15) is 10.1 Å². The molecule has 0 spiro atoms. The van der Waals surface area contributed by atoms with Gasteiger partial charge in [0, 0.05) is 5.54 Å². The Morgan fingerprint density at radius 1 is 1.50 bits per heavy atom. The van der Waals surface area contributed by atoms with E-state index >= 15 is 0 Å². The number of hydrogen-bond acceptors (Lipinski definition) is 5. The number of rotatable bonds is 4. The first kappa shape index (κ1) is 12.8. The maximum Gasteiger partial charge on any atom is 0.319 e. The zero-order valence-electron chi connectivity index (χ0n) is 10.6. The number of nitrogens with zero attached hydrogens (tertiary/aromatic N) is 2. The summed E-state index contributed by atoms with van der Waals surface area (Å²) in [5.41, 5.74) is 2.50. The number of nitro benzene ring substituents is 1. The van der Waals surface area contributed by atoms with Gasteiger partial charge >= 0.3 is 5.69 Å². The van der Waals surface area contributed by atoms with Gasteiger partial charge in [0.15, 0.2) is 5.52 Å². The van der Waals surface area contributed by atoms with Crippen molar-refractivity contribution in [1.82, 2.24) is 4.98 Å². The van der Waals surface area contributed by atoms with Crippen LogP contribution in [-0.4, -0.2) is 15.4 Å². The van der Waals surface area contributed by atoms with Gasteiger partial charge in [-0.15, -0.1) is 11.3 Å². The molecule has 1 aromatic heterocycles. The molecule has 2 aromatic rings. The van der Waals surface area contributed by atoms with Crippen LogP contribution in [0.5, 0.6) is 0 Å². The van der Waals surface area contributed by atoms with Gasteiger partial charge in [0.1, 0.15) is 5.69 Å². The van der Waals surface area contributed by atoms with Gasteiger partial charge in [-0.3, -0.25) is 10.1 Å². The lowest BCUT2D eigenvalue weighted by molar-refractivity contribution is -0.382. The summed E-state index contributed by atoms with van der Waals surface area (Å²) < 4.78 is 0.835. The molecule has 0 atom stereocenters. The number of hydrogen-bond donors (Lipinski definition) is 1. The van der Waals surface area contributed by atoms with Crippen molar-refractivity contribution in [3.05, 3.63) is 27.8 Å². The first-order chi connectivity index (χ1) is 8.44. The summed E-state index contributed by atoms with van der Waals surface area (Å²) in [7, 11) is 0. The zero-order valence-corrected chi connectivity index (χ0v) is 11.4. The molecule has 0 amide bonds. The number of thiazole rings is 1. The van der Waals surface area contributed by atoms with Crippen molar-refractivity contribution >= 4 is 32.9 Å². The molecular weight excluding hydrogens is 250 g/mol. The number of anilines is 1. The summed E-state index contributed by atoms with van der Waals surface area (Å²) in [4.78, 5) is 15.0. The molecule has 1 N–H and O–H groups in total. The number of nitro groups is 1. The standard InChI is InChI=1S/C12H15N3O2S/c1-4-12(2,3)14-8-5-6-9-10(13-7-18-9)11(8)15(16)17/h5-7,14H,4H2,1-3H3. The SMILES string of the molecule is CCC(C)(C)Nc1ccc2scnc2c1[N+](=O)[O-]. The van der Waals surface area contributed by atoms with E-state index in [2.05, 4.69) is 10.3 Å². The van der Waals surface area contributed by atoms with E-state index in [0.29, 0.717) is 11.2 Å². The molecular formula is C12H15N3O2S. The molecule has 18 heavy (non-hydrogen) atoms. The third kappa shape index (κ3) is 2.28. The maximum atomic E-state index is 11.2. The van der Waals surface area contributed by atoms with E-state index in [-0.39, 0.29) is 16.1 Å². The molecule has 0 aliphatic carbocycles. The van der Waals surface area contributed by atoms with Gasteiger partial charge in [0.05, 0.1) is 15.1 Å². The highest BCUT2D eigenvalue weighted by atomic mass is 32.1. The molecule has 0 radical (unpaired) electrons. The molecule has 0 saturated carbocycles. The fourth-order valence-electron chi connectivity index (χ4n) is 1.66. The first-order valence-electron chi connectivity index (χ1n) is 5.73. The molecule has 0 aliphatic rings. The van der Waals surface area contributed by atoms with E-state index in [1.54, 1.807) is 11.6 Å². The van der Waals surface area contributed by atoms with E-state index in [1.807, 2.05) is 26.8 Å².